The molecule has 2 unspecified atom stereocenters. The molecule has 1 aliphatic carbocycles. The Morgan fingerprint density at radius 3 is 2.68 bits per heavy atom. The molecule has 2 atom stereocenters. The number of aromatic hydroxyl groups is 2. The van der Waals surface area contributed by atoms with Crippen molar-refractivity contribution in [2.24, 2.45) is 5.92 Å². The minimum absolute atomic E-state index is 0. The first kappa shape index (κ1) is 18.7. The predicted octanol–water partition coefficient (Wildman–Crippen LogP) is 4.88. The van der Waals surface area contributed by atoms with E-state index in [4.69, 9.17) is 0 Å². The van der Waals surface area contributed by atoms with E-state index >= 15 is 0 Å². The SMILES string of the molecule is Br.CC(C)CCc1cc2c(s1)CNC1CCc3cc(O)c(O)cc3C21. The van der Waals surface area contributed by atoms with Crippen LogP contribution in [0.4, 0.5) is 0 Å². The highest BCUT2D eigenvalue weighted by molar-refractivity contribution is 8.93. The van der Waals surface area contributed by atoms with E-state index in [1.165, 1.54) is 32.9 Å². The van der Waals surface area contributed by atoms with Crippen LogP contribution in [0.25, 0.3) is 0 Å². The molecular formula is C20H26BrNO2S. The molecule has 136 valence electrons. The predicted molar refractivity (Wildman–Crippen MR) is 108 cm³/mol. The standard InChI is InChI=1S/C20H25NO2S.BrH/c1-11(2)3-5-13-8-15-19(24-13)10-21-16-6-4-12-7-17(22)18(23)9-14(12)20(15)16;/h7-9,11,16,20-23H,3-6,10H2,1-2H3;1H. The van der Waals surface area contributed by atoms with Gasteiger partial charge in [0.2, 0.25) is 0 Å². The Morgan fingerprint density at radius 2 is 1.92 bits per heavy atom. The molecule has 3 N–H and O–H groups in total. The molecule has 3 nitrogen and oxygen atoms in total. The van der Waals surface area contributed by atoms with Gasteiger partial charge in [-0.1, -0.05) is 13.8 Å². The fourth-order valence-electron chi connectivity index (χ4n) is 4.12. The maximum absolute atomic E-state index is 10.00. The number of fused-ring (bicyclic) bond motifs is 5. The molecule has 0 bridgehead atoms. The lowest BCUT2D eigenvalue weighted by molar-refractivity contribution is 0.382. The summed E-state index contributed by atoms with van der Waals surface area (Å²) in [5, 5.41) is 23.5. The Bertz CT molecular complexity index is 771. The largest absolute Gasteiger partial charge is 0.504 e. The number of halogens is 1. The number of thiophene rings is 1. The van der Waals surface area contributed by atoms with Crippen LogP contribution >= 0.6 is 28.3 Å². The molecule has 0 fully saturated rings. The normalized spacial score (nSPS) is 21.2. The molecule has 1 aliphatic heterocycles. The van der Waals surface area contributed by atoms with Crippen LogP contribution in [0.5, 0.6) is 11.5 Å². The molecule has 0 amide bonds. The number of phenols is 2. The minimum atomic E-state index is -0.00298. The van der Waals surface area contributed by atoms with Crippen LogP contribution in [0.2, 0.25) is 0 Å². The molecule has 1 aromatic heterocycles. The van der Waals surface area contributed by atoms with Crippen LogP contribution in [-0.4, -0.2) is 16.3 Å². The lowest BCUT2D eigenvalue weighted by atomic mass is 9.74. The molecular weight excluding hydrogens is 398 g/mol. The second kappa shape index (κ2) is 7.29. The monoisotopic (exact) mass is 423 g/mol. The highest BCUT2D eigenvalue weighted by Gasteiger charge is 2.36. The van der Waals surface area contributed by atoms with Gasteiger partial charge in [-0.2, -0.15) is 0 Å². The average Bonchev–Trinajstić information content (AvgIpc) is 2.97. The van der Waals surface area contributed by atoms with Gasteiger partial charge in [-0.25, -0.2) is 0 Å². The van der Waals surface area contributed by atoms with Crippen LogP contribution in [0.1, 0.15) is 59.1 Å². The maximum Gasteiger partial charge on any atom is 0.157 e. The van der Waals surface area contributed by atoms with E-state index < -0.39 is 0 Å². The fourth-order valence-corrected chi connectivity index (χ4v) is 5.30. The molecule has 4 rings (SSSR count). The second-order valence-electron chi connectivity index (χ2n) is 7.57. The summed E-state index contributed by atoms with van der Waals surface area (Å²) >= 11 is 1.94. The van der Waals surface area contributed by atoms with Gasteiger partial charge in [-0.05, 0) is 66.5 Å². The van der Waals surface area contributed by atoms with Gasteiger partial charge in [-0.15, -0.1) is 28.3 Å². The van der Waals surface area contributed by atoms with Crippen molar-refractivity contribution in [1.82, 2.24) is 5.32 Å². The van der Waals surface area contributed by atoms with Crippen molar-refractivity contribution in [3.05, 3.63) is 44.6 Å². The summed E-state index contributed by atoms with van der Waals surface area (Å²) in [5.41, 5.74) is 3.80. The van der Waals surface area contributed by atoms with Gasteiger partial charge in [0.15, 0.2) is 11.5 Å². The third kappa shape index (κ3) is 3.46. The van der Waals surface area contributed by atoms with E-state index in [1.54, 1.807) is 12.1 Å². The summed E-state index contributed by atoms with van der Waals surface area (Å²) in [6.07, 6.45) is 4.42. The molecule has 2 aromatic rings. The zero-order valence-electron chi connectivity index (χ0n) is 14.7. The molecule has 1 aromatic carbocycles. The van der Waals surface area contributed by atoms with Gasteiger partial charge in [0.05, 0.1) is 0 Å². The zero-order valence-corrected chi connectivity index (χ0v) is 17.2. The van der Waals surface area contributed by atoms with Crippen molar-refractivity contribution in [2.45, 2.75) is 58.0 Å². The molecule has 0 saturated carbocycles. The molecule has 2 heterocycles. The Labute approximate surface area is 163 Å². The van der Waals surface area contributed by atoms with Crippen LogP contribution < -0.4 is 5.32 Å². The van der Waals surface area contributed by atoms with E-state index in [2.05, 4.69) is 25.2 Å². The molecule has 5 heteroatoms. The van der Waals surface area contributed by atoms with Crippen molar-refractivity contribution in [3.63, 3.8) is 0 Å². The molecule has 0 radical (unpaired) electrons. The topological polar surface area (TPSA) is 52.5 Å². The van der Waals surface area contributed by atoms with Crippen molar-refractivity contribution < 1.29 is 10.2 Å². The lowest BCUT2D eigenvalue weighted by Crippen LogP contribution is -2.41. The summed E-state index contributed by atoms with van der Waals surface area (Å²) in [6.45, 7) is 5.51. The first-order chi connectivity index (χ1) is 11.5. The quantitative estimate of drug-likeness (QED) is 0.616. The zero-order chi connectivity index (χ0) is 16.8. The number of phenolic OH excluding ortho intramolecular Hbond substituents is 2. The third-order valence-corrected chi connectivity index (χ3v) is 6.63. The first-order valence-corrected chi connectivity index (χ1v) is 9.74. The summed E-state index contributed by atoms with van der Waals surface area (Å²) in [4.78, 5) is 2.92. The van der Waals surface area contributed by atoms with Gasteiger partial charge >= 0.3 is 0 Å². The summed E-state index contributed by atoms with van der Waals surface area (Å²) in [6, 6.07) is 6.37. The molecule has 0 saturated heterocycles. The summed E-state index contributed by atoms with van der Waals surface area (Å²) in [5.74, 6) is 1.02. The number of hydrogen-bond acceptors (Lipinski definition) is 4. The Morgan fingerprint density at radius 1 is 1.16 bits per heavy atom. The molecule has 25 heavy (non-hydrogen) atoms. The number of nitrogens with one attached hydrogen (secondary N) is 1. The maximum atomic E-state index is 10.00. The van der Waals surface area contributed by atoms with Gasteiger partial charge in [0.25, 0.3) is 0 Å². The van der Waals surface area contributed by atoms with Gasteiger partial charge < -0.3 is 15.5 Å². The van der Waals surface area contributed by atoms with Gasteiger partial charge in [0.1, 0.15) is 0 Å². The van der Waals surface area contributed by atoms with Crippen molar-refractivity contribution in [3.8, 4) is 11.5 Å². The minimum Gasteiger partial charge on any atom is -0.504 e. The highest BCUT2D eigenvalue weighted by Crippen LogP contribution is 2.46. The van der Waals surface area contributed by atoms with E-state index in [0.717, 1.165) is 31.7 Å². The van der Waals surface area contributed by atoms with Gasteiger partial charge in [0, 0.05) is 28.3 Å². The van der Waals surface area contributed by atoms with Crippen LogP contribution in [0.3, 0.4) is 0 Å². The smallest absolute Gasteiger partial charge is 0.157 e. The van der Waals surface area contributed by atoms with Gasteiger partial charge in [-0.3, -0.25) is 0 Å². The third-order valence-electron chi connectivity index (χ3n) is 5.42. The van der Waals surface area contributed by atoms with Crippen LogP contribution in [0.15, 0.2) is 18.2 Å². The number of aryl methyl sites for hydroxylation is 2. The number of rotatable bonds is 3. The lowest BCUT2D eigenvalue weighted by Gasteiger charge is -2.38. The molecule has 0 spiro atoms. The average molecular weight is 424 g/mol. The van der Waals surface area contributed by atoms with Crippen molar-refractivity contribution in [2.75, 3.05) is 0 Å². The van der Waals surface area contributed by atoms with Crippen LogP contribution in [-0.2, 0) is 19.4 Å². The van der Waals surface area contributed by atoms with Crippen LogP contribution in [0, 0.1) is 5.92 Å². The second-order valence-corrected chi connectivity index (χ2v) is 8.79. The summed E-state index contributed by atoms with van der Waals surface area (Å²) < 4.78 is 0. The van der Waals surface area contributed by atoms with Crippen molar-refractivity contribution >= 4 is 28.3 Å². The highest BCUT2D eigenvalue weighted by atomic mass is 79.9. The van der Waals surface area contributed by atoms with E-state index in [9.17, 15) is 10.2 Å². The van der Waals surface area contributed by atoms with Crippen molar-refractivity contribution in [1.29, 1.82) is 0 Å². The molecule has 2 aliphatic rings. The van der Waals surface area contributed by atoms with E-state index in [-0.39, 0.29) is 28.5 Å². The number of hydrogen-bond donors (Lipinski definition) is 3. The fraction of sp³-hybridized carbons (Fsp3) is 0.500. The Hall–Kier alpha value is -1.04. The Balaban J connectivity index is 0.00000182. The van der Waals surface area contributed by atoms with E-state index in [0.29, 0.717) is 12.0 Å². The Kier molecular flexibility index (Phi) is 5.47. The summed E-state index contributed by atoms with van der Waals surface area (Å²) in [7, 11) is 0. The number of benzene rings is 1. The van der Waals surface area contributed by atoms with E-state index in [1.807, 2.05) is 11.3 Å². The first-order valence-electron chi connectivity index (χ1n) is 8.92.